The number of furan rings is 1. The summed E-state index contributed by atoms with van der Waals surface area (Å²) in [5, 5.41) is 14.5. The summed E-state index contributed by atoms with van der Waals surface area (Å²) in [7, 11) is 0. The van der Waals surface area contributed by atoms with Gasteiger partial charge in [-0.25, -0.2) is 0 Å². The molecule has 0 aromatic carbocycles. The van der Waals surface area contributed by atoms with E-state index in [-0.39, 0.29) is 11.6 Å². The molecule has 1 unspecified atom stereocenters. The fraction of sp³-hybridized carbons (Fsp3) is 0.571. The van der Waals surface area contributed by atoms with Crippen LogP contribution in [0.4, 0.5) is 6.01 Å². The maximum atomic E-state index is 5.54. The average molecular weight is 278 g/mol. The van der Waals surface area contributed by atoms with Crippen LogP contribution < -0.4 is 10.6 Å². The third-order valence-electron chi connectivity index (χ3n) is 2.69. The lowest BCUT2D eigenvalue weighted by Crippen LogP contribution is -2.35. The minimum atomic E-state index is 0.0225. The standard InChI is InChI=1S/C14H22N4O2/c1-10(8-11-6-5-7-19-11)16-13-18-17-12(20-13)9-15-14(2,3)4/h5-7,10,15H,8-9H2,1-4H3,(H,16,18). The molecule has 0 aliphatic rings. The Kier molecular flexibility index (Phi) is 4.44. The zero-order chi connectivity index (χ0) is 14.6. The summed E-state index contributed by atoms with van der Waals surface area (Å²) in [6.07, 6.45) is 2.44. The fourth-order valence-corrected chi connectivity index (χ4v) is 1.72. The Morgan fingerprint density at radius 1 is 1.30 bits per heavy atom. The van der Waals surface area contributed by atoms with Crippen LogP contribution in [0.3, 0.4) is 0 Å². The van der Waals surface area contributed by atoms with E-state index in [0.29, 0.717) is 18.5 Å². The van der Waals surface area contributed by atoms with Crippen LogP contribution in [0.25, 0.3) is 0 Å². The summed E-state index contributed by atoms with van der Waals surface area (Å²) >= 11 is 0. The molecule has 1 atom stereocenters. The Bertz CT molecular complexity index is 514. The van der Waals surface area contributed by atoms with E-state index in [4.69, 9.17) is 8.83 Å². The summed E-state index contributed by atoms with van der Waals surface area (Å²) < 4.78 is 10.8. The molecule has 0 saturated carbocycles. The van der Waals surface area contributed by atoms with Gasteiger partial charge >= 0.3 is 6.01 Å². The molecule has 0 amide bonds. The van der Waals surface area contributed by atoms with Crippen LogP contribution in [0.2, 0.25) is 0 Å². The van der Waals surface area contributed by atoms with Gasteiger partial charge in [0.25, 0.3) is 0 Å². The van der Waals surface area contributed by atoms with E-state index in [1.807, 2.05) is 19.1 Å². The molecule has 2 rings (SSSR count). The van der Waals surface area contributed by atoms with Gasteiger partial charge in [-0.05, 0) is 39.8 Å². The van der Waals surface area contributed by atoms with Crippen molar-refractivity contribution in [3.05, 3.63) is 30.0 Å². The van der Waals surface area contributed by atoms with Crippen molar-refractivity contribution in [2.24, 2.45) is 0 Å². The molecule has 0 radical (unpaired) electrons. The van der Waals surface area contributed by atoms with Crippen molar-refractivity contribution in [2.45, 2.75) is 52.2 Å². The minimum Gasteiger partial charge on any atom is -0.469 e. The average Bonchev–Trinajstić information content (AvgIpc) is 2.97. The van der Waals surface area contributed by atoms with Gasteiger partial charge in [-0.3, -0.25) is 0 Å². The van der Waals surface area contributed by atoms with Gasteiger partial charge in [0, 0.05) is 18.0 Å². The summed E-state index contributed by atoms with van der Waals surface area (Å²) in [5.74, 6) is 1.51. The van der Waals surface area contributed by atoms with E-state index in [2.05, 4.69) is 41.6 Å². The van der Waals surface area contributed by atoms with E-state index in [1.165, 1.54) is 0 Å². The fourth-order valence-electron chi connectivity index (χ4n) is 1.72. The molecule has 2 N–H and O–H groups in total. The number of nitrogens with zero attached hydrogens (tertiary/aromatic N) is 2. The number of rotatable bonds is 6. The number of nitrogens with one attached hydrogen (secondary N) is 2. The summed E-state index contributed by atoms with van der Waals surface area (Å²) in [6, 6.07) is 4.43. The molecule has 6 heteroatoms. The maximum Gasteiger partial charge on any atom is 0.315 e. The maximum absolute atomic E-state index is 5.54. The van der Waals surface area contributed by atoms with Gasteiger partial charge in [-0.1, -0.05) is 5.10 Å². The molecule has 110 valence electrons. The van der Waals surface area contributed by atoms with Gasteiger partial charge in [-0.15, -0.1) is 5.10 Å². The number of aromatic nitrogens is 2. The van der Waals surface area contributed by atoms with Gasteiger partial charge < -0.3 is 19.5 Å². The molecule has 0 spiro atoms. The predicted octanol–water partition coefficient (Wildman–Crippen LogP) is 2.59. The highest BCUT2D eigenvalue weighted by Crippen LogP contribution is 2.11. The Morgan fingerprint density at radius 2 is 2.10 bits per heavy atom. The lowest BCUT2D eigenvalue weighted by Gasteiger charge is -2.18. The van der Waals surface area contributed by atoms with Gasteiger partial charge in [-0.2, -0.15) is 0 Å². The molecule has 0 aliphatic carbocycles. The largest absolute Gasteiger partial charge is 0.469 e. The Labute approximate surface area is 119 Å². The van der Waals surface area contributed by atoms with Crippen molar-refractivity contribution in [2.75, 3.05) is 5.32 Å². The second-order valence-electron chi connectivity index (χ2n) is 5.93. The van der Waals surface area contributed by atoms with Crippen LogP contribution in [-0.4, -0.2) is 21.8 Å². The minimum absolute atomic E-state index is 0.0225. The summed E-state index contributed by atoms with van der Waals surface area (Å²) in [6.45, 7) is 8.88. The SMILES string of the molecule is CC(Cc1ccco1)Nc1nnc(CNC(C)(C)C)o1. The van der Waals surface area contributed by atoms with E-state index in [1.54, 1.807) is 6.26 Å². The van der Waals surface area contributed by atoms with Crippen LogP contribution in [-0.2, 0) is 13.0 Å². The van der Waals surface area contributed by atoms with E-state index in [0.717, 1.165) is 12.2 Å². The number of anilines is 1. The van der Waals surface area contributed by atoms with E-state index >= 15 is 0 Å². The first kappa shape index (κ1) is 14.6. The highest BCUT2D eigenvalue weighted by molar-refractivity contribution is 5.20. The lowest BCUT2D eigenvalue weighted by atomic mass is 10.1. The van der Waals surface area contributed by atoms with Gasteiger partial charge in [0.1, 0.15) is 5.76 Å². The molecule has 0 saturated heterocycles. The van der Waals surface area contributed by atoms with Gasteiger partial charge in [0.05, 0.1) is 12.8 Å². The molecule has 0 bridgehead atoms. The second kappa shape index (κ2) is 6.09. The van der Waals surface area contributed by atoms with Crippen LogP contribution in [0.5, 0.6) is 0 Å². The first-order valence-electron chi connectivity index (χ1n) is 6.79. The van der Waals surface area contributed by atoms with Crippen molar-refractivity contribution in [1.82, 2.24) is 15.5 Å². The number of hydrogen-bond acceptors (Lipinski definition) is 6. The predicted molar refractivity (Wildman–Crippen MR) is 76.4 cm³/mol. The van der Waals surface area contributed by atoms with E-state index in [9.17, 15) is 0 Å². The van der Waals surface area contributed by atoms with E-state index < -0.39 is 0 Å². The third kappa shape index (κ3) is 4.70. The topological polar surface area (TPSA) is 76.1 Å². The zero-order valence-electron chi connectivity index (χ0n) is 12.4. The monoisotopic (exact) mass is 278 g/mol. The highest BCUT2D eigenvalue weighted by atomic mass is 16.4. The normalized spacial score (nSPS) is 13.4. The first-order chi connectivity index (χ1) is 9.42. The molecule has 0 fully saturated rings. The van der Waals surface area contributed by atoms with Crippen molar-refractivity contribution >= 4 is 6.01 Å². The molecule has 2 aromatic rings. The Balaban J connectivity index is 1.83. The summed E-state index contributed by atoms with van der Waals surface area (Å²) in [5.41, 5.74) is 0.0225. The Morgan fingerprint density at radius 3 is 2.75 bits per heavy atom. The smallest absolute Gasteiger partial charge is 0.315 e. The molecule has 6 nitrogen and oxygen atoms in total. The third-order valence-corrected chi connectivity index (χ3v) is 2.69. The highest BCUT2D eigenvalue weighted by Gasteiger charge is 2.13. The van der Waals surface area contributed by atoms with Gasteiger partial charge in [0.2, 0.25) is 5.89 Å². The first-order valence-corrected chi connectivity index (χ1v) is 6.79. The molecule has 2 heterocycles. The summed E-state index contributed by atoms with van der Waals surface area (Å²) in [4.78, 5) is 0. The molecular formula is C14H22N4O2. The zero-order valence-corrected chi connectivity index (χ0v) is 12.4. The van der Waals surface area contributed by atoms with Crippen molar-refractivity contribution in [1.29, 1.82) is 0 Å². The van der Waals surface area contributed by atoms with Crippen LogP contribution >= 0.6 is 0 Å². The quantitative estimate of drug-likeness (QED) is 0.846. The number of hydrogen-bond donors (Lipinski definition) is 2. The molecule has 2 aromatic heterocycles. The van der Waals surface area contributed by atoms with Crippen molar-refractivity contribution < 1.29 is 8.83 Å². The second-order valence-corrected chi connectivity index (χ2v) is 5.93. The van der Waals surface area contributed by atoms with Gasteiger partial charge in [0.15, 0.2) is 0 Å². The van der Waals surface area contributed by atoms with Crippen LogP contribution in [0.1, 0.15) is 39.3 Å². The molecule has 20 heavy (non-hydrogen) atoms. The molecular weight excluding hydrogens is 256 g/mol. The lowest BCUT2D eigenvalue weighted by molar-refractivity contribution is 0.383. The van der Waals surface area contributed by atoms with Crippen LogP contribution in [0.15, 0.2) is 27.2 Å². The van der Waals surface area contributed by atoms with Crippen LogP contribution in [0, 0.1) is 0 Å². The Hall–Kier alpha value is -1.82. The van der Waals surface area contributed by atoms with Crippen molar-refractivity contribution in [3.63, 3.8) is 0 Å². The van der Waals surface area contributed by atoms with Crippen molar-refractivity contribution in [3.8, 4) is 0 Å². The molecule has 0 aliphatic heterocycles.